The number of hydrogen-bond donors (Lipinski definition) is 2. The molecule has 0 aromatic carbocycles. The van der Waals surface area contributed by atoms with Crippen LogP contribution in [0.3, 0.4) is 0 Å². The average Bonchev–Trinajstić information content (AvgIpc) is 2.87. The minimum atomic E-state index is -0.700. The molecule has 3 rings (SSSR count). The van der Waals surface area contributed by atoms with E-state index in [2.05, 4.69) is 20.2 Å². The molecule has 2 saturated heterocycles. The lowest BCUT2D eigenvalue weighted by molar-refractivity contribution is -0.131. The Morgan fingerprint density at radius 3 is 2.62 bits per heavy atom. The standard InChI is InChI=1S/C21H35N5O3/c1-17-15-18(2)24-20(23-17)22-8-3-5-19(27)26-9-4-6-21(28,7-10-26)16-25-11-13-29-14-12-25/h15,28H,3-14,16H2,1-2H3,(H,22,23,24)/t21-/m0/s1. The van der Waals surface area contributed by atoms with Crippen molar-refractivity contribution in [2.45, 2.75) is 51.6 Å². The summed E-state index contributed by atoms with van der Waals surface area (Å²) in [5.74, 6) is 0.793. The summed E-state index contributed by atoms with van der Waals surface area (Å²) in [6, 6.07) is 1.94. The van der Waals surface area contributed by atoms with Crippen LogP contribution in [0.15, 0.2) is 6.07 Å². The largest absolute Gasteiger partial charge is 0.388 e. The number of carbonyl (C=O) groups is 1. The van der Waals surface area contributed by atoms with E-state index in [1.807, 2.05) is 24.8 Å². The predicted molar refractivity (Wildman–Crippen MR) is 112 cm³/mol. The molecule has 1 atom stereocenters. The van der Waals surface area contributed by atoms with Gasteiger partial charge in [-0.2, -0.15) is 0 Å². The molecule has 0 unspecified atom stereocenters. The van der Waals surface area contributed by atoms with E-state index in [-0.39, 0.29) is 5.91 Å². The summed E-state index contributed by atoms with van der Waals surface area (Å²) in [4.78, 5) is 25.5. The zero-order valence-corrected chi connectivity index (χ0v) is 17.8. The van der Waals surface area contributed by atoms with Gasteiger partial charge in [0.05, 0.1) is 18.8 Å². The van der Waals surface area contributed by atoms with Crippen LogP contribution in [0.4, 0.5) is 5.95 Å². The number of ether oxygens (including phenoxy) is 1. The van der Waals surface area contributed by atoms with Crippen LogP contribution < -0.4 is 5.32 Å². The monoisotopic (exact) mass is 405 g/mol. The van der Waals surface area contributed by atoms with Gasteiger partial charge in [0.15, 0.2) is 0 Å². The lowest BCUT2D eigenvalue weighted by atomic mass is 9.94. The molecule has 1 aromatic rings. The van der Waals surface area contributed by atoms with E-state index in [1.165, 1.54) is 0 Å². The molecule has 0 spiro atoms. The summed E-state index contributed by atoms with van der Waals surface area (Å²) in [6.45, 7) is 9.84. The van der Waals surface area contributed by atoms with Gasteiger partial charge < -0.3 is 20.1 Å². The minimum Gasteiger partial charge on any atom is -0.388 e. The summed E-state index contributed by atoms with van der Waals surface area (Å²) in [5.41, 5.74) is 1.17. The Morgan fingerprint density at radius 1 is 1.17 bits per heavy atom. The van der Waals surface area contributed by atoms with E-state index in [4.69, 9.17) is 4.74 Å². The Balaban J connectivity index is 1.39. The number of morpholine rings is 1. The Bertz CT molecular complexity index is 660. The zero-order valence-electron chi connectivity index (χ0n) is 17.8. The topological polar surface area (TPSA) is 90.8 Å². The van der Waals surface area contributed by atoms with Crippen molar-refractivity contribution in [1.29, 1.82) is 0 Å². The minimum absolute atomic E-state index is 0.170. The Labute approximate surface area is 173 Å². The molecule has 162 valence electrons. The van der Waals surface area contributed by atoms with Crippen LogP contribution in [0.2, 0.25) is 0 Å². The van der Waals surface area contributed by atoms with Crippen molar-refractivity contribution in [3.05, 3.63) is 17.5 Å². The van der Waals surface area contributed by atoms with E-state index >= 15 is 0 Å². The number of hydrogen-bond acceptors (Lipinski definition) is 7. The summed E-state index contributed by atoms with van der Waals surface area (Å²) in [6.07, 6.45) is 3.48. The van der Waals surface area contributed by atoms with Crippen molar-refractivity contribution in [3.63, 3.8) is 0 Å². The first-order valence-corrected chi connectivity index (χ1v) is 10.8. The van der Waals surface area contributed by atoms with Gasteiger partial charge in [0, 0.05) is 57.1 Å². The second kappa shape index (κ2) is 10.3. The quantitative estimate of drug-likeness (QED) is 0.662. The Morgan fingerprint density at radius 2 is 1.90 bits per heavy atom. The van der Waals surface area contributed by atoms with E-state index in [9.17, 15) is 9.90 Å². The summed E-state index contributed by atoms with van der Waals surface area (Å²) in [5, 5.41) is 14.3. The van der Waals surface area contributed by atoms with Crippen LogP contribution in [-0.4, -0.2) is 88.9 Å². The number of carbonyl (C=O) groups excluding carboxylic acids is 1. The molecule has 0 saturated carbocycles. The number of aromatic nitrogens is 2. The molecule has 2 fully saturated rings. The predicted octanol–water partition coefficient (Wildman–Crippen LogP) is 1.36. The maximum Gasteiger partial charge on any atom is 0.223 e. The van der Waals surface area contributed by atoms with Crippen molar-refractivity contribution < 1.29 is 14.6 Å². The van der Waals surface area contributed by atoms with Gasteiger partial charge in [0.2, 0.25) is 11.9 Å². The van der Waals surface area contributed by atoms with E-state index in [0.29, 0.717) is 38.4 Å². The van der Waals surface area contributed by atoms with Crippen molar-refractivity contribution in [3.8, 4) is 0 Å². The molecule has 2 aliphatic rings. The molecule has 29 heavy (non-hydrogen) atoms. The lowest BCUT2D eigenvalue weighted by Crippen LogP contribution is -2.48. The van der Waals surface area contributed by atoms with Gasteiger partial charge in [-0.15, -0.1) is 0 Å². The highest BCUT2D eigenvalue weighted by molar-refractivity contribution is 5.76. The van der Waals surface area contributed by atoms with E-state index < -0.39 is 5.60 Å². The Kier molecular flexibility index (Phi) is 7.80. The highest BCUT2D eigenvalue weighted by atomic mass is 16.5. The number of amides is 1. The van der Waals surface area contributed by atoms with Crippen LogP contribution in [-0.2, 0) is 9.53 Å². The molecule has 2 aliphatic heterocycles. The highest BCUT2D eigenvalue weighted by Gasteiger charge is 2.33. The molecule has 1 aromatic heterocycles. The third-order valence-electron chi connectivity index (χ3n) is 5.72. The van der Waals surface area contributed by atoms with E-state index in [0.717, 1.165) is 63.5 Å². The highest BCUT2D eigenvalue weighted by Crippen LogP contribution is 2.24. The second-order valence-corrected chi connectivity index (χ2v) is 8.35. The van der Waals surface area contributed by atoms with Crippen LogP contribution in [0.1, 0.15) is 43.5 Å². The summed E-state index contributed by atoms with van der Waals surface area (Å²) in [7, 11) is 0. The van der Waals surface area contributed by atoms with Gasteiger partial charge in [-0.05, 0) is 45.6 Å². The van der Waals surface area contributed by atoms with Gasteiger partial charge in [-0.25, -0.2) is 9.97 Å². The number of β-amino-alcohol motifs (C(OH)–C–C–N with tert-alkyl or cyclic N) is 1. The molecule has 1 amide bonds. The molecule has 2 N–H and O–H groups in total. The van der Waals surface area contributed by atoms with Crippen molar-refractivity contribution in [2.75, 3.05) is 57.8 Å². The van der Waals surface area contributed by atoms with Crippen molar-refractivity contribution in [2.24, 2.45) is 0 Å². The van der Waals surface area contributed by atoms with Gasteiger partial charge in [-0.1, -0.05) is 0 Å². The van der Waals surface area contributed by atoms with Crippen LogP contribution >= 0.6 is 0 Å². The number of rotatable bonds is 7. The Hall–Kier alpha value is -1.77. The van der Waals surface area contributed by atoms with Crippen LogP contribution in [0, 0.1) is 13.8 Å². The smallest absolute Gasteiger partial charge is 0.223 e. The van der Waals surface area contributed by atoms with Gasteiger partial charge in [0.25, 0.3) is 0 Å². The average molecular weight is 406 g/mol. The SMILES string of the molecule is Cc1cc(C)nc(NCCCC(=O)N2CCC[C@@](O)(CN3CCOCC3)CC2)n1. The molecular weight excluding hydrogens is 370 g/mol. The van der Waals surface area contributed by atoms with Crippen LogP contribution in [0.5, 0.6) is 0 Å². The second-order valence-electron chi connectivity index (χ2n) is 8.35. The van der Waals surface area contributed by atoms with Crippen molar-refractivity contribution in [1.82, 2.24) is 19.8 Å². The van der Waals surface area contributed by atoms with Gasteiger partial charge >= 0.3 is 0 Å². The van der Waals surface area contributed by atoms with Gasteiger partial charge in [0.1, 0.15) is 0 Å². The normalized spacial score (nSPS) is 23.6. The maximum atomic E-state index is 12.6. The lowest BCUT2D eigenvalue weighted by Gasteiger charge is -2.35. The number of aliphatic hydroxyl groups is 1. The molecule has 8 nitrogen and oxygen atoms in total. The number of aryl methyl sites for hydroxylation is 2. The fraction of sp³-hybridized carbons (Fsp3) is 0.762. The van der Waals surface area contributed by atoms with E-state index in [1.54, 1.807) is 0 Å². The third-order valence-corrected chi connectivity index (χ3v) is 5.72. The molecule has 0 radical (unpaired) electrons. The molecule has 0 bridgehead atoms. The number of nitrogens with one attached hydrogen (secondary N) is 1. The molecule has 0 aliphatic carbocycles. The first kappa shape index (κ1) is 21.9. The number of anilines is 1. The fourth-order valence-electron chi connectivity index (χ4n) is 4.16. The summed E-state index contributed by atoms with van der Waals surface area (Å²) < 4.78 is 5.39. The van der Waals surface area contributed by atoms with Crippen molar-refractivity contribution >= 4 is 11.9 Å². The van der Waals surface area contributed by atoms with Crippen LogP contribution in [0.25, 0.3) is 0 Å². The number of likely N-dealkylation sites (tertiary alicyclic amines) is 1. The fourth-order valence-corrected chi connectivity index (χ4v) is 4.16. The molecular formula is C21H35N5O3. The zero-order chi connectivity index (χ0) is 20.7. The first-order valence-electron chi connectivity index (χ1n) is 10.8. The molecule has 3 heterocycles. The summed E-state index contributed by atoms with van der Waals surface area (Å²) >= 11 is 0. The maximum absolute atomic E-state index is 12.6. The third kappa shape index (κ3) is 6.90. The van der Waals surface area contributed by atoms with Gasteiger partial charge in [-0.3, -0.25) is 9.69 Å². The molecule has 8 heteroatoms. The number of nitrogens with zero attached hydrogens (tertiary/aromatic N) is 4. The first-order chi connectivity index (χ1) is 13.9.